The minimum atomic E-state index is -3.39. The highest BCUT2D eigenvalue weighted by Gasteiger charge is 2.37. The van der Waals surface area contributed by atoms with Gasteiger partial charge in [-0.2, -0.15) is 9.78 Å². The van der Waals surface area contributed by atoms with Crippen LogP contribution in [0.25, 0.3) is 0 Å². The zero-order valence-electron chi connectivity index (χ0n) is 29.4. The third kappa shape index (κ3) is 6.46. The molecule has 2 atom stereocenters. The van der Waals surface area contributed by atoms with E-state index in [1.54, 1.807) is 24.3 Å². The molecule has 0 spiro atoms. The molecule has 16 heteroatoms. The number of para-hydroxylation sites is 2. The zero-order valence-corrected chi connectivity index (χ0v) is 31.0. The maximum atomic E-state index is 13.3. The number of anilines is 4. The van der Waals surface area contributed by atoms with Crippen molar-refractivity contribution in [1.82, 2.24) is 19.6 Å². The van der Waals surface area contributed by atoms with E-state index >= 15 is 0 Å². The lowest BCUT2D eigenvalue weighted by Gasteiger charge is -2.33. The van der Waals surface area contributed by atoms with E-state index in [0.29, 0.717) is 41.4 Å². The van der Waals surface area contributed by atoms with Crippen molar-refractivity contribution in [2.45, 2.75) is 76.0 Å². The molecule has 2 aliphatic carbocycles. The number of benzene rings is 2. The van der Waals surface area contributed by atoms with Crippen LogP contribution in [-0.2, 0) is 45.7 Å². The summed E-state index contributed by atoms with van der Waals surface area (Å²) in [6.07, 6.45) is 10.8. The van der Waals surface area contributed by atoms with Gasteiger partial charge >= 0.3 is 0 Å². The summed E-state index contributed by atoms with van der Waals surface area (Å²) >= 11 is 0. The average molecular weight is 749 g/mol. The van der Waals surface area contributed by atoms with Crippen LogP contribution in [0.15, 0.2) is 48.5 Å². The van der Waals surface area contributed by atoms with E-state index in [0.717, 1.165) is 79.4 Å². The van der Waals surface area contributed by atoms with Gasteiger partial charge in [-0.05, 0) is 87.5 Å². The fraction of sp³-hybridized carbons (Fsp3) is 0.444. The summed E-state index contributed by atoms with van der Waals surface area (Å²) in [7, 11) is -6.77. The Balaban J connectivity index is 0.000000162. The Kier molecular flexibility index (Phi) is 9.40. The molecular formula is C36H44N8O6S2. The van der Waals surface area contributed by atoms with Gasteiger partial charge < -0.3 is 11.5 Å². The SMILES string of the molecule is CS(=O)(=O)N1CCC(C(=O)n2nc(N)c3c2CCCC3)c2ccccc21.CS(=O)(=O)N1CCC(C(=O)n2nc3c(c2N)CCCC3)c2ccccc21. The number of nitrogens with zero attached hydrogens (tertiary/aromatic N) is 6. The molecule has 2 aromatic heterocycles. The molecule has 8 rings (SSSR count). The molecule has 4 heterocycles. The van der Waals surface area contributed by atoms with E-state index in [1.165, 1.54) is 30.5 Å². The van der Waals surface area contributed by atoms with Gasteiger partial charge in [-0.1, -0.05) is 36.4 Å². The summed E-state index contributed by atoms with van der Waals surface area (Å²) in [5.41, 5.74) is 18.7. The van der Waals surface area contributed by atoms with Gasteiger partial charge in [0.1, 0.15) is 11.6 Å². The lowest BCUT2D eigenvalue weighted by Crippen LogP contribution is -2.38. The Morgan fingerprint density at radius 1 is 0.654 bits per heavy atom. The normalized spacial score (nSPS) is 19.7. The molecule has 0 saturated carbocycles. The Morgan fingerprint density at radius 3 is 1.67 bits per heavy atom. The first-order chi connectivity index (χ1) is 24.8. The quantitative estimate of drug-likeness (QED) is 0.309. The number of sulfonamides is 2. The second kappa shape index (κ2) is 13.7. The molecule has 4 aliphatic rings. The summed E-state index contributed by atoms with van der Waals surface area (Å²) in [5, 5.41) is 8.80. The van der Waals surface area contributed by atoms with Gasteiger partial charge in [-0.3, -0.25) is 18.2 Å². The standard InChI is InChI=1S/2C18H22N4O3S/c1-26(24,25)21-11-10-13(12-6-3-5-9-16(12)21)18(23)22-17(19)14-7-2-4-8-15(14)20-22;1-26(24,25)21-11-10-13(12-6-2-4-8-15(12)21)18(23)22-16-9-5-3-7-14(16)17(19)20-22/h3,5-6,9,13H,2,4,7-8,10-11,19H2,1H3;2,4,6,8,13H,3,5,7,9-11H2,1H3,(H2,19,20). The van der Waals surface area contributed by atoms with Crippen molar-refractivity contribution < 1.29 is 26.4 Å². The summed E-state index contributed by atoms with van der Waals surface area (Å²) in [6, 6.07) is 14.4. The van der Waals surface area contributed by atoms with Crippen LogP contribution in [0.5, 0.6) is 0 Å². The molecule has 2 unspecified atom stereocenters. The predicted molar refractivity (Wildman–Crippen MR) is 200 cm³/mol. The first-order valence-corrected chi connectivity index (χ1v) is 21.4. The maximum absolute atomic E-state index is 13.3. The van der Waals surface area contributed by atoms with E-state index in [1.807, 2.05) is 24.3 Å². The monoisotopic (exact) mass is 748 g/mol. The van der Waals surface area contributed by atoms with Crippen LogP contribution in [0.4, 0.5) is 23.0 Å². The summed E-state index contributed by atoms with van der Waals surface area (Å²) in [5.74, 6) is -0.303. The number of aromatic nitrogens is 4. The molecule has 0 bridgehead atoms. The average Bonchev–Trinajstić information content (AvgIpc) is 3.65. The van der Waals surface area contributed by atoms with Crippen molar-refractivity contribution in [3.63, 3.8) is 0 Å². The Hall–Kier alpha value is -4.70. The number of aryl methyl sites for hydroxylation is 1. The van der Waals surface area contributed by atoms with Crippen molar-refractivity contribution in [2.75, 3.05) is 45.7 Å². The van der Waals surface area contributed by atoms with Crippen molar-refractivity contribution in [3.8, 4) is 0 Å². The predicted octanol–water partition coefficient (Wildman–Crippen LogP) is 3.88. The highest BCUT2D eigenvalue weighted by molar-refractivity contribution is 7.92. The van der Waals surface area contributed by atoms with Crippen LogP contribution in [-0.4, -0.2) is 73.8 Å². The first-order valence-electron chi connectivity index (χ1n) is 17.7. The van der Waals surface area contributed by atoms with Gasteiger partial charge in [0.05, 0.1) is 47.1 Å². The molecule has 0 saturated heterocycles. The van der Waals surface area contributed by atoms with Gasteiger partial charge in [0, 0.05) is 24.2 Å². The van der Waals surface area contributed by atoms with E-state index in [4.69, 9.17) is 11.5 Å². The van der Waals surface area contributed by atoms with E-state index in [2.05, 4.69) is 10.2 Å². The maximum Gasteiger partial charge on any atom is 0.256 e. The minimum Gasteiger partial charge on any atom is -0.383 e. The smallest absolute Gasteiger partial charge is 0.256 e. The number of hydrogen-bond acceptors (Lipinski definition) is 10. The van der Waals surface area contributed by atoms with Gasteiger partial charge in [0.15, 0.2) is 0 Å². The third-order valence-electron chi connectivity index (χ3n) is 10.6. The van der Waals surface area contributed by atoms with Gasteiger partial charge in [-0.25, -0.2) is 21.5 Å². The van der Waals surface area contributed by atoms with Crippen LogP contribution >= 0.6 is 0 Å². The number of nitrogen functional groups attached to an aromatic ring is 2. The molecule has 0 amide bonds. The number of rotatable bonds is 4. The second-order valence-corrected chi connectivity index (χ2v) is 17.8. The molecule has 14 nitrogen and oxygen atoms in total. The van der Waals surface area contributed by atoms with E-state index in [-0.39, 0.29) is 24.9 Å². The third-order valence-corrected chi connectivity index (χ3v) is 13.0. The van der Waals surface area contributed by atoms with Gasteiger partial charge in [-0.15, -0.1) is 5.10 Å². The largest absolute Gasteiger partial charge is 0.383 e. The first kappa shape index (κ1) is 35.7. The molecule has 4 N–H and O–H groups in total. The van der Waals surface area contributed by atoms with Crippen LogP contribution in [0.2, 0.25) is 0 Å². The molecule has 4 aromatic rings. The number of carbonyl (C=O) groups is 2. The lowest BCUT2D eigenvalue weighted by atomic mass is 9.90. The van der Waals surface area contributed by atoms with Gasteiger partial charge in [0.25, 0.3) is 11.8 Å². The van der Waals surface area contributed by atoms with Crippen LogP contribution in [0.3, 0.4) is 0 Å². The van der Waals surface area contributed by atoms with Crippen molar-refractivity contribution in [1.29, 1.82) is 0 Å². The molecule has 0 fully saturated rings. The fourth-order valence-electron chi connectivity index (χ4n) is 8.12. The molecule has 0 radical (unpaired) electrons. The van der Waals surface area contributed by atoms with Crippen LogP contribution in [0.1, 0.15) is 93.6 Å². The Morgan fingerprint density at radius 2 is 1.13 bits per heavy atom. The molecule has 52 heavy (non-hydrogen) atoms. The van der Waals surface area contributed by atoms with Gasteiger partial charge in [0.2, 0.25) is 20.0 Å². The van der Waals surface area contributed by atoms with Crippen LogP contribution in [0, 0.1) is 0 Å². The molecule has 2 aliphatic heterocycles. The van der Waals surface area contributed by atoms with Crippen LogP contribution < -0.4 is 20.1 Å². The van der Waals surface area contributed by atoms with Crippen molar-refractivity contribution >= 4 is 54.9 Å². The summed E-state index contributed by atoms with van der Waals surface area (Å²) in [4.78, 5) is 26.5. The summed E-state index contributed by atoms with van der Waals surface area (Å²) in [6.45, 7) is 0.554. The Labute approximate surface area is 303 Å². The van der Waals surface area contributed by atoms with Crippen molar-refractivity contribution in [2.24, 2.45) is 0 Å². The number of fused-ring (bicyclic) bond motifs is 4. The highest BCUT2D eigenvalue weighted by atomic mass is 32.2. The molecule has 2 aromatic carbocycles. The summed E-state index contributed by atoms with van der Waals surface area (Å²) < 4.78 is 53.9. The number of hydrogen-bond donors (Lipinski definition) is 2. The van der Waals surface area contributed by atoms with E-state index < -0.39 is 31.9 Å². The topological polar surface area (TPSA) is 197 Å². The minimum absolute atomic E-state index is 0.125. The highest BCUT2D eigenvalue weighted by Crippen LogP contribution is 2.40. The number of carbonyl (C=O) groups excluding carboxylic acids is 2. The molecular weight excluding hydrogens is 705 g/mol. The van der Waals surface area contributed by atoms with E-state index in [9.17, 15) is 26.4 Å². The molecule has 276 valence electrons. The fourth-order valence-corrected chi connectivity index (χ4v) is 10.0. The zero-order chi connectivity index (χ0) is 36.9. The van der Waals surface area contributed by atoms with Crippen molar-refractivity contribution in [3.05, 3.63) is 82.2 Å². The Bertz CT molecular complexity index is 2280. The lowest BCUT2D eigenvalue weighted by molar-refractivity contribution is 0.0846. The number of nitrogens with two attached hydrogens (primary N) is 2. The second-order valence-electron chi connectivity index (χ2n) is 14.0.